The van der Waals surface area contributed by atoms with Crippen LogP contribution in [0, 0.1) is 11.3 Å². The summed E-state index contributed by atoms with van der Waals surface area (Å²) in [6.07, 6.45) is 8.72. The largest absolute Gasteiger partial charge is 0.328 e. The summed E-state index contributed by atoms with van der Waals surface area (Å²) in [4.78, 5) is 16.6. The van der Waals surface area contributed by atoms with Crippen LogP contribution in [0.5, 0.6) is 0 Å². The third-order valence-electron chi connectivity index (χ3n) is 5.33. The fraction of sp³-hybridized carbons (Fsp3) is 0.471. The molecule has 0 aromatic carbocycles. The van der Waals surface area contributed by atoms with Crippen molar-refractivity contribution < 1.29 is 4.79 Å². The van der Waals surface area contributed by atoms with Gasteiger partial charge in [-0.05, 0) is 49.7 Å². The van der Waals surface area contributed by atoms with E-state index in [2.05, 4.69) is 20.5 Å². The monoisotopic (exact) mass is 311 g/mol. The minimum Gasteiger partial charge on any atom is -0.328 e. The maximum atomic E-state index is 12.5. The van der Waals surface area contributed by atoms with Gasteiger partial charge in [0, 0.05) is 36.0 Å². The SMILES string of the molecule is NC1CCC2(CC1)CC2C(=O)Nc1cc(-c2cccnc2)[nH]n1. The lowest BCUT2D eigenvalue weighted by Crippen LogP contribution is -2.29. The fourth-order valence-corrected chi connectivity index (χ4v) is 3.76. The Kier molecular flexibility index (Phi) is 3.41. The van der Waals surface area contributed by atoms with Gasteiger partial charge in [-0.2, -0.15) is 5.10 Å². The first-order valence-corrected chi connectivity index (χ1v) is 8.19. The Hall–Kier alpha value is -2.21. The summed E-state index contributed by atoms with van der Waals surface area (Å²) in [6, 6.07) is 5.99. The number of hydrogen-bond acceptors (Lipinski definition) is 4. The average molecular weight is 311 g/mol. The van der Waals surface area contributed by atoms with Gasteiger partial charge in [-0.25, -0.2) is 0 Å². The van der Waals surface area contributed by atoms with E-state index in [1.54, 1.807) is 12.4 Å². The maximum absolute atomic E-state index is 12.5. The van der Waals surface area contributed by atoms with Gasteiger partial charge < -0.3 is 11.1 Å². The zero-order valence-electron chi connectivity index (χ0n) is 13.0. The molecule has 2 aliphatic rings. The Bertz CT molecular complexity index is 703. The number of nitrogens with one attached hydrogen (secondary N) is 2. The van der Waals surface area contributed by atoms with Crippen LogP contribution in [0.1, 0.15) is 32.1 Å². The number of carbonyl (C=O) groups excluding carboxylic acids is 1. The predicted octanol–water partition coefficient (Wildman–Crippen LogP) is 2.32. The molecular weight excluding hydrogens is 290 g/mol. The van der Waals surface area contributed by atoms with Gasteiger partial charge >= 0.3 is 0 Å². The van der Waals surface area contributed by atoms with Gasteiger partial charge in [0.05, 0.1) is 5.69 Å². The maximum Gasteiger partial charge on any atom is 0.229 e. The molecule has 2 fully saturated rings. The normalized spacial score (nSPS) is 29.4. The number of aromatic amines is 1. The molecule has 0 saturated heterocycles. The second-order valence-corrected chi connectivity index (χ2v) is 6.85. The lowest BCUT2D eigenvalue weighted by Gasteiger charge is -2.26. The van der Waals surface area contributed by atoms with Crippen LogP contribution >= 0.6 is 0 Å². The molecule has 2 aromatic heterocycles. The van der Waals surface area contributed by atoms with E-state index in [1.165, 1.54) is 0 Å². The highest BCUT2D eigenvalue weighted by Crippen LogP contribution is 2.61. The van der Waals surface area contributed by atoms with Crippen LogP contribution in [0.15, 0.2) is 30.6 Å². The van der Waals surface area contributed by atoms with Gasteiger partial charge in [-0.1, -0.05) is 0 Å². The smallest absolute Gasteiger partial charge is 0.229 e. The van der Waals surface area contributed by atoms with Gasteiger partial charge in [0.2, 0.25) is 5.91 Å². The first kappa shape index (κ1) is 14.4. The number of H-pyrrole nitrogens is 1. The Balaban J connectivity index is 1.40. The van der Waals surface area contributed by atoms with E-state index in [1.807, 2.05) is 18.2 Å². The Morgan fingerprint density at radius 2 is 2.22 bits per heavy atom. The minimum atomic E-state index is 0.0877. The molecule has 2 saturated carbocycles. The summed E-state index contributed by atoms with van der Waals surface area (Å²) in [6.45, 7) is 0. The van der Waals surface area contributed by atoms with E-state index in [0.29, 0.717) is 11.9 Å². The Labute approximate surface area is 134 Å². The van der Waals surface area contributed by atoms with Crippen LogP contribution in [-0.2, 0) is 4.79 Å². The van der Waals surface area contributed by atoms with E-state index in [-0.39, 0.29) is 17.2 Å². The zero-order valence-corrected chi connectivity index (χ0v) is 13.0. The molecule has 1 amide bonds. The van der Waals surface area contributed by atoms with E-state index in [0.717, 1.165) is 43.4 Å². The Morgan fingerprint density at radius 1 is 1.39 bits per heavy atom. The summed E-state index contributed by atoms with van der Waals surface area (Å²) in [5.74, 6) is 0.779. The number of amides is 1. The third-order valence-corrected chi connectivity index (χ3v) is 5.33. The summed E-state index contributed by atoms with van der Waals surface area (Å²) in [5.41, 5.74) is 7.98. The molecule has 0 radical (unpaired) electrons. The van der Waals surface area contributed by atoms with Crippen molar-refractivity contribution in [3.8, 4) is 11.3 Å². The molecule has 120 valence electrons. The van der Waals surface area contributed by atoms with E-state index >= 15 is 0 Å². The molecule has 2 aromatic rings. The molecule has 1 spiro atoms. The lowest BCUT2D eigenvalue weighted by molar-refractivity contribution is -0.118. The second-order valence-electron chi connectivity index (χ2n) is 6.85. The fourth-order valence-electron chi connectivity index (χ4n) is 3.76. The van der Waals surface area contributed by atoms with Crippen molar-refractivity contribution in [3.05, 3.63) is 30.6 Å². The molecule has 2 aliphatic carbocycles. The van der Waals surface area contributed by atoms with Crippen LogP contribution in [-0.4, -0.2) is 27.1 Å². The molecule has 2 heterocycles. The summed E-state index contributed by atoms with van der Waals surface area (Å²) in [7, 11) is 0. The van der Waals surface area contributed by atoms with Crippen molar-refractivity contribution >= 4 is 11.7 Å². The van der Waals surface area contributed by atoms with E-state index in [9.17, 15) is 4.79 Å². The topological polar surface area (TPSA) is 96.7 Å². The van der Waals surface area contributed by atoms with Crippen LogP contribution in [0.3, 0.4) is 0 Å². The number of nitrogens with zero attached hydrogens (tertiary/aromatic N) is 2. The highest BCUT2D eigenvalue weighted by atomic mass is 16.2. The van der Waals surface area contributed by atoms with Crippen molar-refractivity contribution in [2.75, 3.05) is 5.32 Å². The highest BCUT2D eigenvalue weighted by Gasteiger charge is 2.58. The number of rotatable bonds is 3. The van der Waals surface area contributed by atoms with Gasteiger partial charge in [0.1, 0.15) is 0 Å². The highest BCUT2D eigenvalue weighted by molar-refractivity contribution is 5.94. The van der Waals surface area contributed by atoms with Gasteiger partial charge in [-0.15, -0.1) is 0 Å². The molecule has 0 aliphatic heterocycles. The second kappa shape index (κ2) is 5.45. The van der Waals surface area contributed by atoms with Crippen LogP contribution in [0.25, 0.3) is 11.3 Å². The number of hydrogen-bond donors (Lipinski definition) is 3. The van der Waals surface area contributed by atoms with Crippen molar-refractivity contribution in [1.29, 1.82) is 0 Å². The molecule has 6 nitrogen and oxygen atoms in total. The Morgan fingerprint density at radius 3 is 2.96 bits per heavy atom. The van der Waals surface area contributed by atoms with Crippen LogP contribution in [0.2, 0.25) is 0 Å². The first-order valence-electron chi connectivity index (χ1n) is 8.19. The molecular formula is C17H21N5O. The van der Waals surface area contributed by atoms with Gasteiger partial charge in [-0.3, -0.25) is 14.9 Å². The van der Waals surface area contributed by atoms with Crippen molar-refractivity contribution in [1.82, 2.24) is 15.2 Å². The standard InChI is InChI=1S/C17H21N5O/c18-12-3-5-17(6-4-12)9-13(17)16(23)20-15-8-14(21-22-15)11-2-1-7-19-10-11/h1-2,7-8,10,12-13H,3-6,9,18H2,(H2,20,21,22,23). The summed E-state index contributed by atoms with van der Waals surface area (Å²) >= 11 is 0. The number of carbonyl (C=O) groups is 1. The molecule has 1 unspecified atom stereocenters. The van der Waals surface area contributed by atoms with Gasteiger partial charge in [0.25, 0.3) is 0 Å². The molecule has 4 N–H and O–H groups in total. The molecule has 6 heteroatoms. The number of aromatic nitrogens is 3. The molecule has 4 rings (SSSR count). The molecule has 23 heavy (non-hydrogen) atoms. The number of anilines is 1. The predicted molar refractivity (Wildman–Crippen MR) is 87.4 cm³/mol. The third kappa shape index (κ3) is 2.74. The van der Waals surface area contributed by atoms with Crippen LogP contribution in [0.4, 0.5) is 5.82 Å². The minimum absolute atomic E-state index is 0.0877. The lowest BCUT2D eigenvalue weighted by atomic mass is 9.82. The van der Waals surface area contributed by atoms with Gasteiger partial charge in [0.15, 0.2) is 5.82 Å². The van der Waals surface area contributed by atoms with Crippen molar-refractivity contribution in [2.24, 2.45) is 17.1 Å². The zero-order chi connectivity index (χ0) is 15.9. The first-order chi connectivity index (χ1) is 11.2. The summed E-state index contributed by atoms with van der Waals surface area (Å²) < 4.78 is 0. The van der Waals surface area contributed by atoms with Crippen LogP contribution < -0.4 is 11.1 Å². The quantitative estimate of drug-likeness (QED) is 0.810. The summed E-state index contributed by atoms with van der Waals surface area (Å²) in [5, 5.41) is 10.1. The van der Waals surface area contributed by atoms with E-state index < -0.39 is 0 Å². The number of nitrogens with two attached hydrogens (primary N) is 1. The molecule has 0 bridgehead atoms. The van der Waals surface area contributed by atoms with Crippen molar-refractivity contribution in [2.45, 2.75) is 38.1 Å². The number of pyridine rings is 1. The molecule has 1 atom stereocenters. The average Bonchev–Trinajstić information content (AvgIpc) is 3.08. The van der Waals surface area contributed by atoms with Crippen molar-refractivity contribution in [3.63, 3.8) is 0 Å². The van der Waals surface area contributed by atoms with E-state index in [4.69, 9.17) is 5.73 Å².